The van der Waals surface area contributed by atoms with Crippen molar-refractivity contribution in [1.29, 1.82) is 0 Å². The van der Waals surface area contributed by atoms with Crippen LogP contribution in [0, 0.1) is 5.82 Å². The summed E-state index contributed by atoms with van der Waals surface area (Å²) < 4.78 is 18.5. The van der Waals surface area contributed by atoms with Gasteiger partial charge in [-0.25, -0.2) is 9.18 Å². The van der Waals surface area contributed by atoms with Gasteiger partial charge in [0.05, 0.1) is 0 Å². The first-order chi connectivity index (χ1) is 9.74. The van der Waals surface area contributed by atoms with Crippen molar-refractivity contribution in [2.45, 2.75) is 38.5 Å². The summed E-state index contributed by atoms with van der Waals surface area (Å²) >= 11 is 0. The van der Waals surface area contributed by atoms with E-state index in [0.29, 0.717) is 0 Å². The van der Waals surface area contributed by atoms with Crippen molar-refractivity contribution in [3.05, 3.63) is 57.9 Å². The number of halogens is 1. The van der Waals surface area contributed by atoms with Crippen LogP contribution in [0.2, 0.25) is 0 Å². The topological polar surface area (TPSA) is 30.2 Å². The molecule has 104 valence electrons. The minimum absolute atomic E-state index is 0.264. The van der Waals surface area contributed by atoms with Gasteiger partial charge in [0.1, 0.15) is 11.6 Å². The highest BCUT2D eigenvalue weighted by Crippen LogP contribution is 2.29. The summed E-state index contributed by atoms with van der Waals surface area (Å²) in [5.74, 6) is 0.552. The Morgan fingerprint density at radius 1 is 0.950 bits per heavy atom. The fourth-order valence-corrected chi connectivity index (χ4v) is 2.87. The van der Waals surface area contributed by atoms with Gasteiger partial charge in [0.2, 0.25) is 0 Å². The quantitative estimate of drug-likeness (QED) is 0.782. The molecule has 0 saturated heterocycles. The molecule has 0 amide bonds. The average Bonchev–Trinajstić information content (AvgIpc) is 2.41. The molecule has 0 unspecified atom stereocenters. The molecular weight excluding hydrogens is 255 g/mol. The van der Waals surface area contributed by atoms with Crippen LogP contribution in [0.5, 0.6) is 0 Å². The molecule has 1 aliphatic rings. The first-order valence-electron chi connectivity index (χ1n) is 7.16. The minimum atomic E-state index is -0.316. The van der Waals surface area contributed by atoms with Gasteiger partial charge in [0.25, 0.3) is 0 Å². The molecule has 2 aromatic rings. The number of aryl methyl sites for hydroxylation is 1. The third-order valence-electron chi connectivity index (χ3n) is 3.88. The number of fused-ring (bicyclic) bond motifs is 1. The van der Waals surface area contributed by atoms with Gasteiger partial charge in [0, 0.05) is 12.5 Å². The number of benzene rings is 1. The Morgan fingerprint density at radius 2 is 1.65 bits per heavy atom. The second-order valence-corrected chi connectivity index (χ2v) is 5.30. The van der Waals surface area contributed by atoms with Gasteiger partial charge in [-0.3, -0.25) is 0 Å². The van der Waals surface area contributed by atoms with E-state index in [1.165, 1.54) is 31.0 Å². The lowest BCUT2D eigenvalue weighted by atomic mass is 9.92. The monoisotopic (exact) mass is 272 g/mol. The summed E-state index contributed by atoms with van der Waals surface area (Å²) in [7, 11) is 0. The third-order valence-corrected chi connectivity index (χ3v) is 3.88. The number of rotatable bonds is 1. The summed E-state index contributed by atoms with van der Waals surface area (Å²) in [6.45, 7) is 0. The van der Waals surface area contributed by atoms with E-state index in [1.54, 1.807) is 12.1 Å². The molecule has 1 aromatic carbocycles. The number of hydrogen-bond acceptors (Lipinski definition) is 2. The predicted molar refractivity (Wildman–Crippen MR) is 76.2 cm³/mol. The molecule has 3 rings (SSSR count). The third kappa shape index (κ3) is 2.67. The fourth-order valence-electron chi connectivity index (χ4n) is 2.87. The molecule has 0 N–H and O–H groups in total. The first-order valence-corrected chi connectivity index (χ1v) is 7.16. The zero-order chi connectivity index (χ0) is 13.9. The second kappa shape index (κ2) is 5.61. The van der Waals surface area contributed by atoms with Gasteiger partial charge in [0.15, 0.2) is 0 Å². The van der Waals surface area contributed by atoms with Crippen molar-refractivity contribution in [2.75, 3.05) is 0 Å². The van der Waals surface area contributed by atoms with Crippen LogP contribution in [-0.4, -0.2) is 0 Å². The van der Waals surface area contributed by atoms with E-state index in [0.717, 1.165) is 48.1 Å². The van der Waals surface area contributed by atoms with E-state index in [2.05, 4.69) is 0 Å². The number of hydrogen-bond donors (Lipinski definition) is 0. The van der Waals surface area contributed by atoms with E-state index in [4.69, 9.17) is 4.42 Å². The van der Waals surface area contributed by atoms with Gasteiger partial charge in [-0.05, 0) is 48.1 Å². The zero-order valence-electron chi connectivity index (χ0n) is 11.3. The molecular formula is C17H17FO2. The van der Waals surface area contributed by atoms with Gasteiger partial charge in [-0.15, -0.1) is 0 Å². The molecule has 3 heteroatoms. The Bertz CT molecular complexity index is 656. The van der Waals surface area contributed by atoms with E-state index in [1.807, 2.05) is 0 Å². The normalized spacial score (nSPS) is 15.2. The Hall–Kier alpha value is -1.90. The zero-order valence-corrected chi connectivity index (χ0v) is 11.3. The van der Waals surface area contributed by atoms with E-state index < -0.39 is 0 Å². The molecule has 0 fully saturated rings. The van der Waals surface area contributed by atoms with Gasteiger partial charge in [-0.2, -0.15) is 0 Å². The Kier molecular flexibility index (Phi) is 3.68. The molecule has 0 spiro atoms. The van der Waals surface area contributed by atoms with Crippen LogP contribution in [0.4, 0.5) is 4.39 Å². The molecule has 0 atom stereocenters. The highest BCUT2D eigenvalue weighted by molar-refractivity contribution is 5.67. The average molecular weight is 272 g/mol. The molecule has 2 nitrogen and oxygen atoms in total. The van der Waals surface area contributed by atoms with Gasteiger partial charge < -0.3 is 4.42 Å². The van der Waals surface area contributed by atoms with Crippen molar-refractivity contribution >= 4 is 0 Å². The lowest BCUT2D eigenvalue weighted by Gasteiger charge is -2.16. The molecule has 0 bridgehead atoms. The molecule has 0 saturated carbocycles. The van der Waals surface area contributed by atoms with Crippen LogP contribution in [0.15, 0.2) is 39.5 Å². The lowest BCUT2D eigenvalue weighted by molar-refractivity contribution is 0.432. The largest absolute Gasteiger partial charge is 0.428 e. The van der Waals surface area contributed by atoms with Crippen LogP contribution in [0.1, 0.15) is 37.0 Å². The molecule has 20 heavy (non-hydrogen) atoms. The predicted octanol–water partition coefficient (Wildman–Crippen LogP) is 4.10. The van der Waals surface area contributed by atoms with Crippen LogP contribution in [-0.2, 0) is 12.8 Å². The summed E-state index contributed by atoms with van der Waals surface area (Å²) in [4.78, 5) is 11.8. The van der Waals surface area contributed by atoms with E-state index in [9.17, 15) is 9.18 Å². The van der Waals surface area contributed by atoms with Crippen molar-refractivity contribution in [1.82, 2.24) is 0 Å². The summed E-state index contributed by atoms with van der Waals surface area (Å²) in [6, 6.07) is 7.85. The van der Waals surface area contributed by atoms with Crippen molar-refractivity contribution < 1.29 is 8.81 Å². The molecule has 1 aromatic heterocycles. The van der Waals surface area contributed by atoms with Crippen molar-refractivity contribution in [3.8, 4) is 11.1 Å². The van der Waals surface area contributed by atoms with Crippen molar-refractivity contribution in [2.24, 2.45) is 0 Å². The maximum Gasteiger partial charge on any atom is 0.336 e. The Balaban J connectivity index is 2.13. The highest BCUT2D eigenvalue weighted by Gasteiger charge is 2.16. The Labute approximate surface area is 117 Å². The summed E-state index contributed by atoms with van der Waals surface area (Å²) in [5.41, 5.74) is 2.59. The standard InChI is InChI=1S/C17H17FO2/c18-13-9-7-12(8-10-13)15-11-17(19)20-16-6-4-2-1-3-5-14(15)16/h7-11H,1-6H2. The molecule has 0 aliphatic heterocycles. The van der Waals surface area contributed by atoms with Gasteiger partial charge in [-0.1, -0.05) is 25.0 Å². The van der Waals surface area contributed by atoms with Crippen LogP contribution >= 0.6 is 0 Å². The van der Waals surface area contributed by atoms with E-state index in [-0.39, 0.29) is 11.4 Å². The Morgan fingerprint density at radius 3 is 2.40 bits per heavy atom. The summed E-state index contributed by atoms with van der Waals surface area (Å²) in [5, 5.41) is 0. The highest BCUT2D eigenvalue weighted by atomic mass is 19.1. The van der Waals surface area contributed by atoms with Crippen LogP contribution < -0.4 is 5.63 Å². The SMILES string of the molecule is O=c1cc(-c2ccc(F)cc2)c2c(o1)CCCCCC2. The van der Waals surface area contributed by atoms with E-state index >= 15 is 0 Å². The second-order valence-electron chi connectivity index (χ2n) is 5.30. The van der Waals surface area contributed by atoms with Crippen molar-refractivity contribution in [3.63, 3.8) is 0 Å². The molecule has 1 heterocycles. The maximum atomic E-state index is 13.1. The minimum Gasteiger partial charge on any atom is -0.428 e. The molecule has 1 aliphatic carbocycles. The first kappa shape index (κ1) is 13.1. The van der Waals surface area contributed by atoms with Gasteiger partial charge >= 0.3 is 5.63 Å². The smallest absolute Gasteiger partial charge is 0.336 e. The lowest BCUT2D eigenvalue weighted by Crippen LogP contribution is -2.09. The van der Waals surface area contributed by atoms with Crippen LogP contribution in [0.3, 0.4) is 0 Å². The molecule has 0 radical (unpaired) electrons. The summed E-state index contributed by atoms with van der Waals surface area (Å²) in [6.07, 6.45) is 6.30. The maximum absolute atomic E-state index is 13.1. The fraction of sp³-hybridized carbons (Fsp3) is 0.353. The van der Waals surface area contributed by atoms with Crippen LogP contribution in [0.25, 0.3) is 11.1 Å².